The number of oxime groups is 1. The van der Waals surface area contributed by atoms with Crippen molar-refractivity contribution in [2.75, 3.05) is 18.7 Å². The van der Waals surface area contributed by atoms with Gasteiger partial charge >= 0.3 is 0 Å². The van der Waals surface area contributed by atoms with E-state index in [-0.39, 0.29) is 19.3 Å². The van der Waals surface area contributed by atoms with E-state index in [1.807, 2.05) is 24.3 Å². The summed E-state index contributed by atoms with van der Waals surface area (Å²) < 4.78 is 10.5. The summed E-state index contributed by atoms with van der Waals surface area (Å²) >= 11 is 0. The standard InChI is InChI=1S/C19H18N2O4/c22-19(21-16-6-5-14-2-1-3-15(14)9-16)11-25-20-10-13-4-7-17-18(8-13)24-12-23-17/h4-10H,1-3,11-12H2,(H,21,22)/b20-10+. The summed E-state index contributed by atoms with van der Waals surface area (Å²) in [5.74, 6) is 1.16. The number of aryl methyl sites for hydroxylation is 2. The van der Waals surface area contributed by atoms with Crippen LogP contribution < -0.4 is 14.8 Å². The van der Waals surface area contributed by atoms with Gasteiger partial charge in [-0.1, -0.05) is 11.2 Å². The highest BCUT2D eigenvalue weighted by molar-refractivity contribution is 5.92. The minimum Gasteiger partial charge on any atom is -0.454 e. The van der Waals surface area contributed by atoms with Crippen LogP contribution in [-0.2, 0) is 22.5 Å². The Balaban J connectivity index is 1.27. The van der Waals surface area contributed by atoms with Crippen molar-refractivity contribution < 1.29 is 19.1 Å². The monoisotopic (exact) mass is 338 g/mol. The maximum absolute atomic E-state index is 11.9. The number of nitrogens with zero attached hydrogens (tertiary/aromatic N) is 1. The SMILES string of the molecule is O=C(CO/N=C/c1ccc2c(c1)OCO2)Nc1ccc2c(c1)CCC2. The largest absolute Gasteiger partial charge is 0.454 e. The topological polar surface area (TPSA) is 69.2 Å². The van der Waals surface area contributed by atoms with Gasteiger partial charge in [0.05, 0.1) is 6.21 Å². The summed E-state index contributed by atoms with van der Waals surface area (Å²) in [4.78, 5) is 17.0. The molecule has 1 amide bonds. The van der Waals surface area contributed by atoms with Crippen LogP contribution in [0.15, 0.2) is 41.6 Å². The third-order valence-corrected chi connectivity index (χ3v) is 4.25. The fourth-order valence-corrected chi connectivity index (χ4v) is 3.03. The van der Waals surface area contributed by atoms with Crippen molar-refractivity contribution in [3.05, 3.63) is 53.1 Å². The Morgan fingerprint density at radius 3 is 2.96 bits per heavy atom. The number of nitrogens with one attached hydrogen (secondary N) is 1. The van der Waals surface area contributed by atoms with Crippen molar-refractivity contribution in [1.29, 1.82) is 0 Å². The Hall–Kier alpha value is -3.02. The molecule has 0 unspecified atom stereocenters. The molecular weight excluding hydrogens is 320 g/mol. The van der Waals surface area contributed by atoms with Gasteiger partial charge in [-0.15, -0.1) is 0 Å². The third kappa shape index (κ3) is 3.57. The van der Waals surface area contributed by atoms with Crippen LogP contribution in [0.2, 0.25) is 0 Å². The molecule has 2 aromatic rings. The first-order valence-corrected chi connectivity index (χ1v) is 8.24. The first-order chi connectivity index (χ1) is 12.3. The molecule has 25 heavy (non-hydrogen) atoms. The van der Waals surface area contributed by atoms with E-state index in [2.05, 4.69) is 16.5 Å². The Morgan fingerprint density at radius 1 is 1.12 bits per heavy atom. The van der Waals surface area contributed by atoms with Crippen LogP contribution >= 0.6 is 0 Å². The van der Waals surface area contributed by atoms with Gasteiger partial charge < -0.3 is 19.6 Å². The number of fused-ring (bicyclic) bond motifs is 2. The van der Waals surface area contributed by atoms with Gasteiger partial charge in [0.1, 0.15) is 0 Å². The van der Waals surface area contributed by atoms with Gasteiger partial charge in [-0.2, -0.15) is 0 Å². The lowest BCUT2D eigenvalue weighted by Crippen LogP contribution is -2.17. The number of ether oxygens (including phenoxy) is 2. The Kier molecular flexibility index (Phi) is 4.24. The lowest BCUT2D eigenvalue weighted by molar-refractivity contribution is -0.120. The average Bonchev–Trinajstić information content (AvgIpc) is 3.26. The van der Waals surface area contributed by atoms with Gasteiger partial charge in [-0.25, -0.2) is 0 Å². The molecule has 4 rings (SSSR count). The van der Waals surface area contributed by atoms with Crippen molar-refractivity contribution in [1.82, 2.24) is 0 Å². The Morgan fingerprint density at radius 2 is 2.00 bits per heavy atom. The van der Waals surface area contributed by atoms with E-state index in [1.54, 1.807) is 6.07 Å². The number of hydrogen-bond acceptors (Lipinski definition) is 5. The number of carbonyl (C=O) groups excluding carboxylic acids is 1. The molecule has 128 valence electrons. The molecule has 1 N–H and O–H groups in total. The normalized spacial score (nSPS) is 14.6. The summed E-state index contributed by atoms with van der Waals surface area (Å²) in [5, 5.41) is 6.65. The van der Waals surface area contributed by atoms with Gasteiger partial charge in [0.2, 0.25) is 6.79 Å². The van der Waals surface area contributed by atoms with E-state index < -0.39 is 0 Å². The van der Waals surface area contributed by atoms with Crippen LogP contribution in [0, 0.1) is 0 Å². The zero-order chi connectivity index (χ0) is 17.1. The first-order valence-electron chi connectivity index (χ1n) is 8.24. The predicted molar refractivity (Wildman–Crippen MR) is 93.2 cm³/mol. The summed E-state index contributed by atoms with van der Waals surface area (Å²) in [7, 11) is 0. The van der Waals surface area contributed by atoms with E-state index in [1.165, 1.54) is 23.8 Å². The number of rotatable bonds is 5. The van der Waals surface area contributed by atoms with Crippen molar-refractivity contribution in [3.8, 4) is 11.5 Å². The second-order valence-electron chi connectivity index (χ2n) is 6.01. The zero-order valence-electron chi connectivity index (χ0n) is 13.7. The van der Waals surface area contributed by atoms with E-state index in [4.69, 9.17) is 14.3 Å². The molecule has 0 bridgehead atoms. The number of benzene rings is 2. The highest BCUT2D eigenvalue weighted by Crippen LogP contribution is 2.32. The van der Waals surface area contributed by atoms with Crippen LogP contribution in [-0.4, -0.2) is 25.5 Å². The zero-order valence-corrected chi connectivity index (χ0v) is 13.7. The number of amides is 1. The van der Waals surface area contributed by atoms with Gasteiger partial charge in [0.25, 0.3) is 5.91 Å². The lowest BCUT2D eigenvalue weighted by atomic mass is 10.1. The molecule has 0 spiro atoms. The predicted octanol–water partition coefficient (Wildman–Crippen LogP) is 2.89. The van der Waals surface area contributed by atoms with Crippen molar-refractivity contribution in [2.24, 2.45) is 5.16 Å². The van der Waals surface area contributed by atoms with Crippen LogP contribution in [0.1, 0.15) is 23.1 Å². The molecule has 0 radical (unpaired) electrons. The molecule has 6 heteroatoms. The Bertz CT molecular complexity index is 832. The smallest absolute Gasteiger partial charge is 0.265 e. The van der Waals surface area contributed by atoms with Crippen molar-refractivity contribution in [3.63, 3.8) is 0 Å². The summed E-state index contributed by atoms with van der Waals surface area (Å²) in [6.07, 6.45) is 4.92. The van der Waals surface area contributed by atoms with Gasteiger partial charge in [0.15, 0.2) is 18.1 Å². The third-order valence-electron chi connectivity index (χ3n) is 4.25. The highest BCUT2D eigenvalue weighted by atomic mass is 16.7. The van der Waals surface area contributed by atoms with Gasteiger partial charge in [-0.3, -0.25) is 4.79 Å². The quantitative estimate of drug-likeness (QED) is 0.672. The van der Waals surface area contributed by atoms with Crippen molar-refractivity contribution >= 4 is 17.8 Å². The molecule has 1 aliphatic heterocycles. The number of anilines is 1. The van der Waals surface area contributed by atoms with E-state index >= 15 is 0 Å². The second kappa shape index (κ2) is 6.84. The fourth-order valence-electron chi connectivity index (χ4n) is 3.03. The summed E-state index contributed by atoms with van der Waals surface area (Å²) in [6, 6.07) is 11.5. The van der Waals surface area contributed by atoms with E-state index in [0.717, 1.165) is 24.1 Å². The molecule has 0 fully saturated rings. The molecule has 2 aromatic carbocycles. The van der Waals surface area contributed by atoms with E-state index in [0.29, 0.717) is 11.5 Å². The summed E-state index contributed by atoms with van der Waals surface area (Å²) in [5.41, 5.74) is 4.31. The van der Waals surface area contributed by atoms with Crippen LogP contribution in [0.4, 0.5) is 5.69 Å². The molecular formula is C19H18N2O4. The highest BCUT2D eigenvalue weighted by Gasteiger charge is 2.13. The van der Waals surface area contributed by atoms with Crippen LogP contribution in [0.5, 0.6) is 11.5 Å². The molecule has 6 nitrogen and oxygen atoms in total. The molecule has 0 aromatic heterocycles. The number of carbonyl (C=O) groups is 1. The molecule has 1 aliphatic carbocycles. The molecule has 2 aliphatic rings. The van der Waals surface area contributed by atoms with Gasteiger partial charge in [0, 0.05) is 11.3 Å². The van der Waals surface area contributed by atoms with Crippen molar-refractivity contribution in [2.45, 2.75) is 19.3 Å². The molecule has 0 saturated carbocycles. The first kappa shape index (κ1) is 15.5. The summed E-state index contributed by atoms with van der Waals surface area (Å²) in [6.45, 7) is 0.0907. The second-order valence-corrected chi connectivity index (χ2v) is 6.01. The lowest BCUT2D eigenvalue weighted by Gasteiger charge is -2.06. The average molecular weight is 338 g/mol. The molecule has 0 saturated heterocycles. The maximum atomic E-state index is 11.9. The fraction of sp³-hybridized carbons (Fsp3) is 0.263. The van der Waals surface area contributed by atoms with Crippen LogP contribution in [0.25, 0.3) is 0 Å². The molecule has 1 heterocycles. The number of hydrogen-bond donors (Lipinski definition) is 1. The van der Waals surface area contributed by atoms with Gasteiger partial charge in [-0.05, 0) is 60.7 Å². The minimum absolute atomic E-state index is 0.141. The maximum Gasteiger partial charge on any atom is 0.265 e. The van der Waals surface area contributed by atoms with E-state index in [9.17, 15) is 4.79 Å². The molecule has 0 atom stereocenters. The Labute approximate surface area is 145 Å². The van der Waals surface area contributed by atoms with Crippen LogP contribution in [0.3, 0.4) is 0 Å². The minimum atomic E-state index is -0.235.